The van der Waals surface area contributed by atoms with Gasteiger partial charge in [-0.25, -0.2) is 0 Å². The first-order valence-electron chi connectivity index (χ1n) is 6.32. The van der Waals surface area contributed by atoms with Crippen molar-refractivity contribution in [3.63, 3.8) is 0 Å². The molecule has 6 nitrogen and oxygen atoms in total. The van der Waals surface area contributed by atoms with Gasteiger partial charge in [0, 0.05) is 18.0 Å². The molecule has 0 aliphatic rings. The van der Waals surface area contributed by atoms with E-state index in [1.165, 1.54) is 0 Å². The largest absolute Gasteiger partial charge is 0.497 e. The Kier molecular flexibility index (Phi) is 5.40. The van der Waals surface area contributed by atoms with E-state index in [2.05, 4.69) is 10.2 Å². The average molecular weight is 294 g/mol. The van der Waals surface area contributed by atoms with Crippen LogP contribution in [0.15, 0.2) is 29.4 Å². The number of aliphatic hydroxyl groups excluding tert-OH is 1. The first-order chi connectivity index (χ1) is 9.80. The highest BCUT2D eigenvalue weighted by molar-refractivity contribution is 7.99. The molecule has 0 amide bonds. The summed E-state index contributed by atoms with van der Waals surface area (Å²) in [5.74, 6) is 2.29. The Morgan fingerprint density at radius 2 is 2.05 bits per heavy atom. The first kappa shape index (κ1) is 14.8. The van der Waals surface area contributed by atoms with E-state index in [4.69, 9.17) is 15.6 Å². The van der Waals surface area contributed by atoms with Gasteiger partial charge in [-0.2, -0.15) is 0 Å². The SMILES string of the molecule is COc1ccc(-n2c(CN)nnc2SCCCO)cc1. The summed E-state index contributed by atoms with van der Waals surface area (Å²) in [6.07, 6.45) is 0.720. The van der Waals surface area contributed by atoms with Crippen molar-refractivity contribution in [3.8, 4) is 11.4 Å². The van der Waals surface area contributed by atoms with Gasteiger partial charge < -0.3 is 15.6 Å². The smallest absolute Gasteiger partial charge is 0.195 e. The fourth-order valence-corrected chi connectivity index (χ4v) is 2.64. The van der Waals surface area contributed by atoms with Gasteiger partial charge in [0.1, 0.15) is 5.75 Å². The van der Waals surface area contributed by atoms with Crippen LogP contribution in [0.25, 0.3) is 5.69 Å². The third kappa shape index (κ3) is 3.30. The number of hydrogen-bond acceptors (Lipinski definition) is 6. The summed E-state index contributed by atoms with van der Waals surface area (Å²) in [5, 5.41) is 17.9. The van der Waals surface area contributed by atoms with Crippen LogP contribution in [-0.2, 0) is 6.54 Å². The summed E-state index contributed by atoms with van der Waals surface area (Å²) < 4.78 is 7.09. The first-order valence-corrected chi connectivity index (χ1v) is 7.31. The van der Waals surface area contributed by atoms with Crippen LogP contribution in [0.2, 0.25) is 0 Å². The van der Waals surface area contributed by atoms with E-state index in [-0.39, 0.29) is 6.61 Å². The summed E-state index contributed by atoms with van der Waals surface area (Å²) in [6.45, 7) is 0.493. The van der Waals surface area contributed by atoms with Gasteiger partial charge in [-0.1, -0.05) is 11.8 Å². The Bertz CT molecular complexity index is 542. The Hall–Kier alpha value is -1.57. The molecule has 0 saturated heterocycles. The molecule has 2 rings (SSSR count). The van der Waals surface area contributed by atoms with E-state index < -0.39 is 0 Å². The van der Waals surface area contributed by atoms with Crippen LogP contribution in [-0.4, -0.2) is 39.3 Å². The highest BCUT2D eigenvalue weighted by Crippen LogP contribution is 2.23. The molecule has 20 heavy (non-hydrogen) atoms. The molecule has 2 aromatic rings. The summed E-state index contributed by atoms with van der Waals surface area (Å²) >= 11 is 1.56. The maximum absolute atomic E-state index is 8.85. The molecule has 7 heteroatoms. The van der Waals surface area contributed by atoms with Crippen molar-refractivity contribution < 1.29 is 9.84 Å². The van der Waals surface area contributed by atoms with Crippen molar-refractivity contribution in [2.75, 3.05) is 19.5 Å². The summed E-state index contributed by atoms with van der Waals surface area (Å²) in [6, 6.07) is 7.66. The van der Waals surface area contributed by atoms with Crippen LogP contribution in [0, 0.1) is 0 Å². The minimum Gasteiger partial charge on any atom is -0.497 e. The number of aromatic nitrogens is 3. The quantitative estimate of drug-likeness (QED) is 0.589. The third-order valence-electron chi connectivity index (χ3n) is 2.75. The molecule has 0 spiro atoms. The molecule has 0 aliphatic carbocycles. The molecule has 1 heterocycles. The van der Waals surface area contributed by atoms with Crippen molar-refractivity contribution in [1.82, 2.24) is 14.8 Å². The van der Waals surface area contributed by atoms with Gasteiger partial charge in [0.2, 0.25) is 0 Å². The Balaban J connectivity index is 2.29. The Morgan fingerprint density at radius 1 is 1.30 bits per heavy atom. The number of hydrogen-bond donors (Lipinski definition) is 2. The predicted molar refractivity (Wildman–Crippen MR) is 78.2 cm³/mol. The second-order valence-corrected chi connectivity index (χ2v) is 5.12. The van der Waals surface area contributed by atoms with Crippen LogP contribution < -0.4 is 10.5 Å². The minimum atomic E-state index is 0.174. The number of aliphatic hydroxyl groups is 1. The second-order valence-electron chi connectivity index (χ2n) is 4.06. The maximum Gasteiger partial charge on any atom is 0.195 e. The molecule has 0 saturated carbocycles. The van der Waals surface area contributed by atoms with Crippen LogP contribution >= 0.6 is 11.8 Å². The van der Waals surface area contributed by atoms with E-state index >= 15 is 0 Å². The van der Waals surface area contributed by atoms with Crippen LogP contribution in [0.1, 0.15) is 12.2 Å². The molecule has 0 bridgehead atoms. The number of methoxy groups -OCH3 is 1. The fraction of sp³-hybridized carbons (Fsp3) is 0.385. The third-order valence-corrected chi connectivity index (χ3v) is 3.76. The van der Waals surface area contributed by atoms with E-state index in [1.807, 2.05) is 28.8 Å². The molecule has 1 aromatic heterocycles. The van der Waals surface area contributed by atoms with Gasteiger partial charge in [-0.05, 0) is 30.7 Å². The highest BCUT2D eigenvalue weighted by Gasteiger charge is 2.13. The number of thioether (sulfide) groups is 1. The minimum absolute atomic E-state index is 0.174. The van der Waals surface area contributed by atoms with E-state index in [9.17, 15) is 0 Å². The Labute approximate surface area is 122 Å². The number of nitrogens with two attached hydrogens (primary N) is 1. The van der Waals surface area contributed by atoms with Gasteiger partial charge in [0.25, 0.3) is 0 Å². The summed E-state index contributed by atoms with van der Waals surface area (Å²) in [4.78, 5) is 0. The lowest BCUT2D eigenvalue weighted by molar-refractivity contribution is 0.296. The number of ether oxygens (including phenoxy) is 1. The molecule has 3 N–H and O–H groups in total. The van der Waals surface area contributed by atoms with Crippen molar-refractivity contribution >= 4 is 11.8 Å². The average Bonchev–Trinajstić information content (AvgIpc) is 2.90. The zero-order valence-corrected chi connectivity index (χ0v) is 12.1. The van der Waals surface area contributed by atoms with E-state index in [0.29, 0.717) is 12.4 Å². The van der Waals surface area contributed by atoms with Gasteiger partial charge in [0.05, 0.1) is 13.7 Å². The summed E-state index contributed by atoms with van der Waals surface area (Å²) in [5.41, 5.74) is 6.66. The number of benzene rings is 1. The summed E-state index contributed by atoms with van der Waals surface area (Å²) in [7, 11) is 1.63. The van der Waals surface area contributed by atoms with Crippen molar-refractivity contribution in [1.29, 1.82) is 0 Å². The molecular formula is C13H18N4O2S. The van der Waals surface area contributed by atoms with Gasteiger partial charge in [-0.3, -0.25) is 4.57 Å². The van der Waals surface area contributed by atoms with Crippen molar-refractivity contribution in [2.45, 2.75) is 18.1 Å². The normalized spacial score (nSPS) is 10.8. The Morgan fingerprint density at radius 3 is 2.65 bits per heavy atom. The lowest BCUT2D eigenvalue weighted by atomic mass is 10.3. The van der Waals surface area contributed by atoms with Crippen LogP contribution in [0.4, 0.5) is 0 Å². The van der Waals surface area contributed by atoms with Crippen molar-refractivity contribution in [2.24, 2.45) is 5.73 Å². The zero-order valence-electron chi connectivity index (χ0n) is 11.3. The van der Waals surface area contributed by atoms with Gasteiger partial charge >= 0.3 is 0 Å². The highest BCUT2D eigenvalue weighted by atomic mass is 32.2. The predicted octanol–water partition coefficient (Wildman–Crippen LogP) is 1.21. The fourth-order valence-electron chi connectivity index (χ4n) is 1.74. The van der Waals surface area contributed by atoms with E-state index in [1.54, 1.807) is 18.9 Å². The molecule has 0 aliphatic heterocycles. The molecular weight excluding hydrogens is 276 g/mol. The maximum atomic E-state index is 8.85. The van der Waals surface area contributed by atoms with Crippen LogP contribution in [0.5, 0.6) is 5.75 Å². The van der Waals surface area contributed by atoms with E-state index in [0.717, 1.165) is 28.8 Å². The second kappa shape index (κ2) is 7.28. The molecule has 1 aromatic carbocycles. The van der Waals surface area contributed by atoms with Gasteiger partial charge in [-0.15, -0.1) is 10.2 Å². The van der Waals surface area contributed by atoms with Gasteiger partial charge in [0.15, 0.2) is 11.0 Å². The topological polar surface area (TPSA) is 86.2 Å². The lowest BCUT2D eigenvalue weighted by Crippen LogP contribution is -2.07. The number of rotatable bonds is 7. The van der Waals surface area contributed by atoms with Crippen LogP contribution in [0.3, 0.4) is 0 Å². The lowest BCUT2D eigenvalue weighted by Gasteiger charge is -2.09. The molecule has 0 fully saturated rings. The molecule has 0 unspecified atom stereocenters. The molecule has 108 valence electrons. The number of nitrogens with zero attached hydrogens (tertiary/aromatic N) is 3. The molecule has 0 atom stereocenters. The monoisotopic (exact) mass is 294 g/mol. The van der Waals surface area contributed by atoms with Crippen molar-refractivity contribution in [3.05, 3.63) is 30.1 Å². The molecule has 0 radical (unpaired) electrons. The zero-order chi connectivity index (χ0) is 14.4. The standard InChI is InChI=1S/C13H18N4O2S/c1-19-11-5-3-10(4-6-11)17-12(9-14)15-16-13(17)20-8-2-7-18/h3-6,18H,2,7-9,14H2,1H3.